The van der Waals surface area contributed by atoms with E-state index < -0.39 is 24.7 Å². The van der Waals surface area contributed by atoms with Crippen molar-refractivity contribution in [1.29, 1.82) is 0 Å². The van der Waals surface area contributed by atoms with Crippen LogP contribution in [-0.2, 0) is 9.53 Å². The fourth-order valence-corrected chi connectivity index (χ4v) is 0.899. The monoisotopic (exact) mass is 244 g/mol. The highest BCUT2D eigenvalue weighted by atomic mass is 19.3. The lowest BCUT2D eigenvalue weighted by Gasteiger charge is -2.15. The van der Waals surface area contributed by atoms with E-state index in [2.05, 4.69) is 4.74 Å². The van der Waals surface area contributed by atoms with Crippen molar-refractivity contribution in [3.05, 3.63) is 0 Å². The van der Waals surface area contributed by atoms with E-state index in [-0.39, 0.29) is 18.9 Å². The Morgan fingerprint density at radius 2 is 1.94 bits per heavy atom. The van der Waals surface area contributed by atoms with E-state index >= 15 is 0 Å². The van der Waals surface area contributed by atoms with Gasteiger partial charge in [0.05, 0.1) is 12.5 Å². The minimum absolute atomic E-state index is 0.245. The van der Waals surface area contributed by atoms with Crippen molar-refractivity contribution in [2.24, 2.45) is 5.92 Å². The maximum atomic E-state index is 12.4. The van der Waals surface area contributed by atoms with Gasteiger partial charge in [0, 0.05) is 6.42 Å². The van der Waals surface area contributed by atoms with E-state index in [4.69, 9.17) is 0 Å². The molecule has 0 aliphatic rings. The molecule has 1 atom stereocenters. The van der Waals surface area contributed by atoms with Gasteiger partial charge in [-0.05, 0) is 12.8 Å². The highest BCUT2D eigenvalue weighted by Gasteiger charge is 2.39. The van der Waals surface area contributed by atoms with Gasteiger partial charge >= 0.3 is 18.3 Å². The van der Waals surface area contributed by atoms with Gasteiger partial charge in [-0.25, -0.2) is 17.6 Å². The lowest BCUT2D eigenvalue weighted by atomic mass is 10.1. The van der Waals surface area contributed by atoms with Crippen LogP contribution in [0.15, 0.2) is 0 Å². The van der Waals surface area contributed by atoms with E-state index in [0.717, 1.165) is 0 Å². The summed E-state index contributed by atoms with van der Waals surface area (Å²) in [6.45, 7) is 3.19. The number of halogens is 4. The molecule has 0 fully saturated rings. The first kappa shape index (κ1) is 15.2. The third-order valence-electron chi connectivity index (χ3n) is 2.23. The maximum absolute atomic E-state index is 12.4. The molecule has 0 aromatic heterocycles. The molecular formula is C10H16F4O2. The topological polar surface area (TPSA) is 26.3 Å². The second kappa shape index (κ2) is 6.70. The molecule has 0 saturated carbocycles. The quantitative estimate of drug-likeness (QED) is 0.390. The van der Waals surface area contributed by atoms with E-state index in [1.54, 1.807) is 13.8 Å². The summed E-state index contributed by atoms with van der Waals surface area (Å²) in [6, 6.07) is 0. The number of ether oxygens (including phenoxy) is 1. The number of alkyl halides is 4. The molecule has 0 bridgehead atoms. The Labute approximate surface area is 92.0 Å². The predicted molar refractivity (Wildman–Crippen MR) is 50.6 cm³/mol. The highest BCUT2D eigenvalue weighted by Crippen LogP contribution is 2.27. The van der Waals surface area contributed by atoms with Crippen LogP contribution in [0.2, 0.25) is 0 Å². The van der Waals surface area contributed by atoms with Gasteiger partial charge in [0.2, 0.25) is 0 Å². The van der Waals surface area contributed by atoms with E-state index in [0.29, 0.717) is 6.42 Å². The Morgan fingerprint density at radius 1 is 1.38 bits per heavy atom. The van der Waals surface area contributed by atoms with Crippen molar-refractivity contribution in [2.45, 2.75) is 45.5 Å². The van der Waals surface area contributed by atoms with Gasteiger partial charge in [0.25, 0.3) is 0 Å². The highest BCUT2D eigenvalue weighted by molar-refractivity contribution is 5.71. The molecule has 96 valence electrons. The first-order valence-corrected chi connectivity index (χ1v) is 5.13. The molecule has 0 amide bonds. The molecule has 6 heteroatoms. The summed E-state index contributed by atoms with van der Waals surface area (Å²) < 4.78 is 52.9. The summed E-state index contributed by atoms with van der Waals surface area (Å²) >= 11 is 0. The molecule has 2 nitrogen and oxygen atoms in total. The summed E-state index contributed by atoms with van der Waals surface area (Å²) in [5.41, 5.74) is 0. The van der Waals surface area contributed by atoms with Crippen LogP contribution in [0.4, 0.5) is 17.6 Å². The van der Waals surface area contributed by atoms with Gasteiger partial charge in [-0.3, -0.25) is 4.79 Å². The Kier molecular flexibility index (Phi) is 6.36. The Hall–Kier alpha value is -0.810. The molecule has 0 N–H and O–H groups in total. The second-order valence-electron chi connectivity index (χ2n) is 3.64. The standard InChI is InChI=1S/C10H16F4O2/c1-3-7(2)8(15)16-6-4-5-10(13,14)9(11)12/h7,9H,3-6H2,1-2H3. The maximum Gasteiger partial charge on any atom is 0.308 e. The molecule has 0 saturated heterocycles. The molecular weight excluding hydrogens is 228 g/mol. The summed E-state index contributed by atoms with van der Waals surface area (Å²) in [4.78, 5) is 11.1. The number of esters is 1. The molecule has 0 radical (unpaired) electrons. The zero-order valence-electron chi connectivity index (χ0n) is 9.31. The molecule has 0 aliphatic carbocycles. The van der Waals surface area contributed by atoms with Gasteiger partial charge in [0.1, 0.15) is 0 Å². The normalized spacial score (nSPS) is 13.9. The molecule has 0 aromatic carbocycles. The summed E-state index contributed by atoms with van der Waals surface area (Å²) in [6.07, 6.45) is -4.32. The Balaban J connectivity index is 3.73. The van der Waals surface area contributed by atoms with Gasteiger partial charge in [0.15, 0.2) is 0 Å². The summed E-state index contributed by atoms with van der Waals surface area (Å²) in [5.74, 6) is -4.78. The number of rotatable bonds is 7. The third-order valence-corrected chi connectivity index (χ3v) is 2.23. The molecule has 0 rings (SSSR count). The van der Waals surface area contributed by atoms with Crippen LogP contribution in [-0.4, -0.2) is 24.9 Å². The zero-order valence-corrected chi connectivity index (χ0v) is 9.31. The summed E-state index contributed by atoms with van der Waals surface area (Å²) in [7, 11) is 0. The lowest BCUT2D eigenvalue weighted by Crippen LogP contribution is -2.27. The Morgan fingerprint density at radius 3 is 2.38 bits per heavy atom. The van der Waals surface area contributed by atoms with Crippen LogP contribution < -0.4 is 0 Å². The van der Waals surface area contributed by atoms with Crippen LogP contribution in [0.25, 0.3) is 0 Å². The number of carbonyl (C=O) groups excluding carboxylic acids is 1. The average molecular weight is 244 g/mol. The Bertz CT molecular complexity index is 219. The van der Waals surface area contributed by atoms with Crippen molar-refractivity contribution in [3.8, 4) is 0 Å². The van der Waals surface area contributed by atoms with E-state index in [1.165, 1.54) is 0 Å². The van der Waals surface area contributed by atoms with Crippen LogP contribution >= 0.6 is 0 Å². The van der Waals surface area contributed by atoms with E-state index in [1.807, 2.05) is 0 Å². The lowest BCUT2D eigenvalue weighted by molar-refractivity contribution is -0.151. The fraction of sp³-hybridized carbons (Fsp3) is 0.900. The van der Waals surface area contributed by atoms with Gasteiger partial charge in [-0.15, -0.1) is 0 Å². The van der Waals surface area contributed by atoms with Gasteiger partial charge in [-0.2, -0.15) is 0 Å². The third kappa shape index (κ3) is 5.32. The summed E-state index contributed by atoms with van der Waals surface area (Å²) in [5, 5.41) is 0. The second-order valence-corrected chi connectivity index (χ2v) is 3.64. The van der Waals surface area contributed by atoms with Crippen LogP contribution in [0.3, 0.4) is 0 Å². The van der Waals surface area contributed by atoms with Crippen LogP contribution in [0.5, 0.6) is 0 Å². The van der Waals surface area contributed by atoms with Crippen LogP contribution in [0, 0.1) is 5.92 Å². The van der Waals surface area contributed by atoms with Crippen LogP contribution in [0.1, 0.15) is 33.1 Å². The zero-order chi connectivity index (χ0) is 12.8. The van der Waals surface area contributed by atoms with Crippen molar-refractivity contribution < 1.29 is 27.1 Å². The largest absolute Gasteiger partial charge is 0.465 e. The van der Waals surface area contributed by atoms with Gasteiger partial charge < -0.3 is 4.74 Å². The number of hydrogen-bond acceptors (Lipinski definition) is 2. The van der Waals surface area contributed by atoms with E-state index in [9.17, 15) is 22.4 Å². The minimum Gasteiger partial charge on any atom is -0.465 e. The smallest absolute Gasteiger partial charge is 0.308 e. The van der Waals surface area contributed by atoms with Crippen molar-refractivity contribution in [1.82, 2.24) is 0 Å². The minimum atomic E-state index is -4.00. The van der Waals surface area contributed by atoms with Crippen molar-refractivity contribution in [2.75, 3.05) is 6.61 Å². The predicted octanol–water partition coefficient (Wildman–Crippen LogP) is 3.26. The molecule has 0 aromatic rings. The number of hydrogen-bond donors (Lipinski definition) is 0. The first-order valence-electron chi connectivity index (χ1n) is 5.13. The molecule has 0 heterocycles. The fourth-order valence-electron chi connectivity index (χ4n) is 0.899. The molecule has 0 spiro atoms. The first-order chi connectivity index (χ1) is 7.31. The number of carbonyl (C=O) groups is 1. The molecule has 16 heavy (non-hydrogen) atoms. The molecule has 0 aliphatic heterocycles. The van der Waals surface area contributed by atoms with Crippen molar-refractivity contribution in [3.63, 3.8) is 0 Å². The average Bonchev–Trinajstić information content (AvgIpc) is 2.22. The SMILES string of the molecule is CCC(C)C(=O)OCCCC(F)(F)C(F)F. The van der Waals surface area contributed by atoms with Crippen molar-refractivity contribution >= 4 is 5.97 Å². The van der Waals surface area contributed by atoms with Gasteiger partial charge in [-0.1, -0.05) is 13.8 Å². The molecule has 1 unspecified atom stereocenters.